The Bertz CT molecular complexity index is 811. The first-order valence-corrected chi connectivity index (χ1v) is 9.39. The van der Waals surface area contributed by atoms with Gasteiger partial charge in [0.15, 0.2) is 0 Å². The molecule has 3 rings (SSSR count). The van der Waals surface area contributed by atoms with Gasteiger partial charge < -0.3 is 15.4 Å². The number of rotatable bonds is 8. The minimum atomic E-state index is -0.916. The lowest BCUT2D eigenvalue weighted by atomic mass is 10.0. The molecule has 0 aromatic heterocycles. The SMILES string of the molecule is CCc1ccccc1NC(=O)C1(C(=O)NCCc2ccc(OC)cc2)CC1. The van der Waals surface area contributed by atoms with Gasteiger partial charge >= 0.3 is 0 Å². The smallest absolute Gasteiger partial charge is 0.240 e. The number of hydrogen-bond donors (Lipinski definition) is 2. The molecule has 0 heterocycles. The lowest BCUT2D eigenvalue weighted by molar-refractivity contribution is -0.134. The van der Waals surface area contributed by atoms with Crippen molar-refractivity contribution in [2.24, 2.45) is 5.41 Å². The lowest BCUT2D eigenvalue weighted by Gasteiger charge is -2.17. The molecule has 0 atom stereocenters. The van der Waals surface area contributed by atoms with Crippen molar-refractivity contribution in [2.45, 2.75) is 32.6 Å². The molecule has 5 heteroatoms. The quantitative estimate of drug-likeness (QED) is 0.704. The third kappa shape index (κ3) is 4.30. The number of carbonyl (C=O) groups is 2. The van der Waals surface area contributed by atoms with Crippen LogP contribution in [0, 0.1) is 5.41 Å². The van der Waals surface area contributed by atoms with E-state index in [1.807, 2.05) is 55.5 Å². The Kier molecular flexibility index (Phi) is 5.79. The number of amides is 2. The number of aryl methyl sites for hydroxylation is 1. The molecule has 1 aliphatic rings. The Morgan fingerprint density at radius 2 is 1.74 bits per heavy atom. The normalized spacial score (nSPS) is 14.3. The molecular weight excluding hydrogens is 340 g/mol. The summed E-state index contributed by atoms with van der Waals surface area (Å²) < 4.78 is 5.14. The average Bonchev–Trinajstić information content (AvgIpc) is 3.51. The molecule has 5 nitrogen and oxygen atoms in total. The predicted molar refractivity (Wildman–Crippen MR) is 106 cm³/mol. The van der Waals surface area contributed by atoms with Crippen LogP contribution in [0.5, 0.6) is 5.75 Å². The molecule has 1 fully saturated rings. The van der Waals surface area contributed by atoms with E-state index in [1.165, 1.54) is 0 Å². The number of methoxy groups -OCH3 is 1. The van der Waals surface area contributed by atoms with Gasteiger partial charge in [-0.15, -0.1) is 0 Å². The lowest BCUT2D eigenvalue weighted by Crippen LogP contribution is -2.40. The first-order valence-electron chi connectivity index (χ1n) is 9.39. The van der Waals surface area contributed by atoms with Gasteiger partial charge in [-0.3, -0.25) is 9.59 Å². The monoisotopic (exact) mass is 366 g/mol. The molecule has 2 aromatic carbocycles. The van der Waals surface area contributed by atoms with Gasteiger partial charge in [0.05, 0.1) is 7.11 Å². The largest absolute Gasteiger partial charge is 0.497 e. The number of hydrogen-bond acceptors (Lipinski definition) is 3. The zero-order valence-corrected chi connectivity index (χ0v) is 15.9. The molecule has 2 aromatic rings. The summed E-state index contributed by atoms with van der Waals surface area (Å²) in [6, 6.07) is 15.5. The minimum absolute atomic E-state index is 0.178. The summed E-state index contributed by atoms with van der Waals surface area (Å²) in [5, 5.41) is 5.88. The zero-order valence-electron chi connectivity index (χ0n) is 15.9. The van der Waals surface area contributed by atoms with Crippen molar-refractivity contribution in [3.8, 4) is 5.75 Å². The molecular formula is C22H26N2O3. The molecule has 2 N–H and O–H groups in total. The fourth-order valence-corrected chi connectivity index (χ4v) is 3.16. The second kappa shape index (κ2) is 8.25. The van der Waals surface area contributed by atoms with Gasteiger partial charge in [0, 0.05) is 12.2 Å². The summed E-state index contributed by atoms with van der Waals surface area (Å²) in [4.78, 5) is 25.3. The van der Waals surface area contributed by atoms with Gasteiger partial charge in [0.1, 0.15) is 11.2 Å². The van der Waals surface area contributed by atoms with Crippen molar-refractivity contribution in [3.05, 3.63) is 59.7 Å². The van der Waals surface area contributed by atoms with Gasteiger partial charge in [0.2, 0.25) is 11.8 Å². The Morgan fingerprint density at radius 3 is 2.37 bits per heavy atom. The van der Waals surface area contributed by atoms with Crippen LogP contribution in [0.3, 0.4) is 0 Å². The van der Waals surface area contributed by atoms with Gasteiger partial charge in [0.25, 0.3) is 0 Å². The highest BCUT2D eigenvalue weighted by molar-refractivity contribution is 6.13. The second-order valence-electron chi connectivity index (χ2n) is 6.90. The minimum Gasteiger partial charge on any atom is -0.497 e. The molecule has 0 bridgehead atoms. The van der Waals surface area contributed by atoms with Crippen LogP contribution < -0.4 is 15.4 Å². The number of para-hydroxylation sites is 1. The van der Waals surface area contributed by atoms with E-state index in [1.54, 1.807) is 7.11 Å². The molecule has 0 aliphatic heterocycles. The van der Waals surface area contributed by atoms with Gasteiger partial charge in [-0.05, 0) is 55.0 Å². The van der Waals surface area contributed by atoms with Crippen molar-refractivity contribution < 1.29 is 14.3 Å². The van der Waals surface area contributed by atoms with Crippen LogP contribution in [0.2, 0.25) is 0 Å². The molecule has 1 saturated carbocycles. The van der Waals surface area contributed by atoms with E-state index in [2.05, 4.69) is 10.6 Å². The standard InChI is InChI=1S/C22H26N2O3/c1-3-17-6-4-5-7-19(17)24-21(26)22(13-14-22)20(25)23-15-12-16-8-10-18(27-2)11-9-16/h4-11H,3,12-15H2,1-2H3,(H,23,25)(H,24,26). The van der Waals surface area contributed by atoms with Crippen LogP contribution in [0.15, 0.2) is 48.5 Å². The van der Waals surface area contributed by atoms with E-state index in [4.69, 9.17) is 4.74 Å². The molecule has 27 heavy (non-hydrogen) atoms. The van der Waals surface area contributed by atoms with Crippen LogP contribution in [-0.2, 0) is 22.4 Å². The molecule has 0 spiro atoms. The molecule has 142 valence electrons. The van der Waals surface area contributed by atoms with Crippen molar-refractivity contribution in [3.63, 3.8) is 0 Å². The fourth-order valence-electron chi connectivity index (χ4n) is 3.16. The van der Waals surface area contributed by atoms with Crippen LogP contribution in [0.25, 0.3) is 0 Å². The third-order valence-corrected chi connectivity index (χ3v) is 5.12. The maximum Gasteiger partial charge on any atom is 0.240 e. The Balaban J connectivity index is 1.54. The number of benzene rings is 2. The van der Waals surface area contributed by atoms with Crippen molar-refractivity contribution in [1.82, 2.24) is 5.32 Å². The van der Waals surface area contributed by atoms with E-state index in [0.29, 0.717) is 25.8 Å². The maximum absolute atomic E-state index is 12.7. The predicted octanol–water partition coefficient (Wildman–Crippen LogP) is 3.34. The molecule has 0 saturated heterocycles. The Morgan fingerprint density at radius 1 is 1.04 bits per heavy atom. The fraction of sp³-hybridized carbons (Fsp3) is 0.364. The summed E-state index contributed by atoms with van der Waals surface area (Å²) in [6.45, 7) is 2.55. The van der Waals surface area contributed by atoms with Gasteiger partial charge in [-0.2, -0.15) is 0 Å². The van der Waals surface area contributed by atoms with Crippen LogP contribution in [0.1, 0.15) is 30.9 Å². The second-order valence-corrected chi connectivity index (χ2v) is 6.90. The number of nitrogens with one attached hydrogen (secondary N) is 2. The van der Waals surface area contributed by atoms with E-state index in [-0.39, 0.29) is 11.8 Å². The Hall–Kier alpha value is -2.82. The molecule has 0 unspecified atom stereocenters. The molecule has 0 radical (unpaired) electrons. The Labute approximate surface area is 160 Å². The van der Waals surface area contributed by atoms with E-state index in [9.17, 15) is 9.59 Å². The number of anilines is 1. The highest BCUT2D eigenvalue weighted by atomic mass is 16.5. The molecule has 2 amide bonds. The van der Waals surface area contributed by atoms with Crippen LogP contribution >= 0.6 is 0 Å². The number of carbonyl (C=O) groups excluding carboxylic acids is 2. The zero-order chi connectivity index (χ0) is 19.3. The first kappa shape index (κ1) is 19.0. The van der Waals surface area contributed by atoms with Gasteiger partial charge in [-0.25, -0.2) is 0 Å². The first-order chi connectivity index (χ1) is 13.1. The van der Waals surface area contributed by atoms with Crippen molar-refractivity contribution in [2.75, 3.05) is 19.0 Å². The summed E-state index contributed by atoms with van der Waals surface area (Å²) in [6.07, 6.45) is 2.74. The summed E-state index contributed by atoms with van der Waals surface area (Å²) in [7, 11) is 1.63. The van der Waals surface area contributed by atoms with Crippen LogP contribution in [-0.4, -0.2) is 25.5 Å². The highest BCUT2D eigenvalue weighted by Crippen LogP contribution is 2.47. The topological polar surface area (TPSA) is 67.4 Å². The summed E-state index contributed by atoms with van der Waals surface area (Å²) in [5.74, 6) is 0.427. The van der Waals surface area contributed by atoms with E-state index >= 15 is 0 Å². The highest BCUT2D eigenvalue weighted by Gasteiger charge is 2.56. The maximum atomic E-state index is 12.7. The summed E-state index contributed by atoms with van der Waals surface area (Å²) >= 11 is 0. The molecule has 1 aliphatic carbocycles. The third-order valence-electron chi connectivity index (χ3n) is 5.12. The summed E-state index contributed by atoms with van der Waals surface area (Å²) in [5.41, 5.74) is 2.06. The average molecular weight is 366 g/mol. The van der Waals surface area contributed by atoms with Crippen molar-refractivity contribution in [1.29, 1.82) is 0 Å². The van der Waals surface area contributed by atoms with E-state index in [0.717, 1.165) is 29.0 Å². The van der Waals surface area contributed by atoms with Crippen molar-refractivity contribution >= 4 is 17.5 Å². The van der Waals surface area contributed by atoms with Gasteiger partial charge in [-0.1, -0.05) is 37.3 Å². The van der Waals surface area contributed by atoms with E-state index < -0.39 is 5.41 Å². The van der Waals surface area contributed by atoms with Crippen LogP contribution in [0.4, 0.5) is 5.69 Å². The number of ether oxygens (including phenoxy) is 1.